The molecule has 1 saturated heterocycles. The van der Waals surface area contributed by atoms with Crippen molar-refractivity contribution in [2.24, 2.45) is 34.7 Å². The first-order valence-corrected chi connectivity index (χ1v) is 19.7. The van der Waals surface area contributed by atoms with Gasteiger partial charge in [-0.1, -0.05) is 27.3 Å². The fourth-order valence-electron chi connectivity index (χ4n) is 8.31. The monoisotopic (exact) mass is 811 g/mol. The number of H-pyrrole nitrogens is 1. The fourth-order valence-corrected chi connectivity index (χ4v) is 12.1. The van der Waals surface area contributed by atoms with Crippen molar-refractivity contribution in [2.75, 3.05) is 16.8 Å². The second-order valence-electron chi connectivity index (χ2n) is 12.8. The number of halogens is 1. The highest BCUT2D eigenvalue weighted by Crippen LogP contribution is 2.69. The predicted molar refractivity (Wildman–Crippen MR) is 190 cm³/mol. The number of aromatic nitrogens is 1. The summed E-state index contributed by atoms with van der Waals surface area (Å²) < 4.78 is 30.0. The average molecular weight is 813 g/mol. The summed E-state index contributed by atoms with van der Waals surface area (Å²) >= 11 is 6.19. The van der Waals surface area contributed by atoms with Crippen molar-refractivity contribution < 1.29 is 32.5 Å². The molecule has 4 aliphatic rings. The minimum atomic E-state index is -3.89. The first-order valence-electron chi connectivity index (χ1n) is 15.7. The first kappa shape index (κ1) is 33.8. The van der Waals surface area contributed by atoms with Crippen LogP contribution in [0.4, 0.5) is 17.1 Å². The van der Waals surface area contributed by atoms with Crippen LogP contribution in [-0.4, -0.2) is 47.9 Å². The summed E-state index contributed by atoms with van der Waals surface area (Å²) in [6.45, 7) is -0.384. The van der Waals surface area contributed by atoms with E-state index in [-0.39, 0.29) is 56.9 Å². The number of hydrogen-bond acceptors (Lipinski definition) is 11. The van der Waals surface area contributed by atoms with Crippen LogP contribution in [0.5, 0.6) is 5.75 Å². The number of non-ortho nitro benzene ring substituents is 1. The quantitative estimate of drug-likeness (QED) is 0.129. The molecule has 51 heavy (non-hydrogen) atoms. The Balaban J connectivity index is 1.10. The summed E-state index contributed by atoms with van der Waals surface area (Å²) in [6.07, 6.45) is 0.649. The van der Waals surface area contributed by atoms with Gasteiger partial charge in [-0.15, -0.1) is 11.8 Å². The fraction of sp³-hybridized carbons (Fsp3) is 0.273. The lowest BCUT2D eigenvalue weighted by atomic mass is 9.68. The number of carbonyl (C=O) groups excluding carboxylic acids is 3. The predicted octanol–water partition coefficient (Wildman–Crippen LogP) is 4.45. The van der Waals surface area contributed by atoms with E-state index in [1.54, 1.807) is 12.1 Å². The molecular weight excluding hydrogens is 786 g/mol. The molecule has 3 aromatic carbocycles. The van der Waals surface area contributed by atoms with Gasteiger partial charge in [-0.25, -0.2) is 13.6 Å². The number of aromatic amines is 1. The van der Waals surface area contributed by atoms with Crippen LogP contribution in [0.3, 0.4) is 0 Å². The highest BCUT2D eigenvalue weighted by atomic mass is 79.9. The van der Waals surface area contributed by atoms with Gasteiger partial charge in [0.05, 0.1) is 32.4 Å². The number of rotatable bonds is 8. The Labute approximate surface area is 306 Å². The van der Waals surface area contributed by atoms with Crippen LogP contribution in [0, 0.1) is 39.7 Å². The number of carbonyl (C=O) groups is 3. The molecule has 2 aliphatic heterocycles. The van der Waals surface area contributed by atoms with E-state index in [0.29, 0.717) is 28.6 Å². The third kappa shape index (κ3) is 5.69. The number of thioether (sulfide) groups is 1. The Morgan fingerprint density at radius 1 is 1.04 bits per heavy atom. The molecule has 0 radical (unpaired) electrons. The molecule has 7 atom stereocenters. The SMILES string of the molecule is NS(=O)(=O)c1ccc(NC(=O)COc2ccc(Br)cc2[C@@H]2c3sc(=O)[nH]c3S[C@@H]3[C@@H]4C[C@@H]([C@@H]5C(=O)N(c6ccc([N+](=O)[O-])cc6)C(=O)[C@@H]45)[C@H]23)cc1. The molecule has 1 aromatic heterocycles. The van der Waals surface area contributed by atoms with Crippen LogP contribution in [0.25, 0.3) is 0 Å². The number of nitro benzene ring substituents is 1. The molecule has 18 heteroatoms. The number of fused-ring (bicyclic) bond motifs is 9. The van der Waals surface area contributed by atoms with E-state index in [0.717, 1.165) is 26.3 Å². The molecule has 0 spiro atoms. The van der Waals surface area contributed by atoms with E-state index in [1.165, 1.54) is 65.2 Å². The molecule has 8 rings (SSSR count). The number of hydrogen-bond donors (Lipinski definition) is 3. The number of sulfonamides is 1. The van der Waals surface area contributed by atoms with Crippen molar-refractivity contribution in [2.45, 2.75) is 27.5 Å². The second kappa shape index (κ2) is 12.4. The molecule has 14 nitrogen and oxygen atoms in total. The number of thiazole rings is 1. The highest BCUT2D eigenvalue weighted by Gasteiger charge is 2.70. The highest BCUT2D eigenvalue weighted by molar-refractivity contribution is 9.10. The van der Waals surface area contributed by atoms with E-state index >= 15 is 0 Å². The summed E-state index contributed by atoms with van der Waals surface area (Å²) in [5, 5.41) is 19.6. The van der Waals surface area contributed by atoms with Crippen molar-refractivity contribution in [3.05, 3.63) is 101 Å². The number of benzene rings is 3. The largest absolute Gasteiger partial charge is 0.483 e. The molecular formula is C33H26BrN5O9S3. The van der Waals surface area contributed by atoms with Crippen molar-refractivity contribution in [1.82, 2.24) is 4.98 Å². The van der Waals surface area contributed by atoms with Gasteiger partial charge >= 0.3 is 4.87 Å². The van der Waals surface area contributed by atoms with Crippen molar-refractivity contribution in [1.29, 1.82) is 0 Å². The molecule has 3 fully saturated rings. The number of nitrogens with zero attached hydrogens (tertiary/aromatic N) is 2. The minimum Gasteiger partial charge on any atom is -0.483 e. The summed E-state index contributed by atoms with van der Waals surface area (Å²) in [5.74, 6) is -2.81. The van der Waals surface area contributed by atoms with Gasteiger partial charge in [0.2, 0.25) is 21.8 Å². The zero-order valence-corrected chi connectivity index (χ0v) is 30.1. The Morgan fingerprint density at radius 3 is 2.39 bits per heavy atom. The molecule has 0 unspecified atom stereocenters. The first-order chi connectivity index (χ1) is 24.3. The van der Waals surface area contributed by atoms with Crippen molar-refractivity contribution in [3.63, 3.8) is 0 Å². The van der Waals surface area contributed by atoms with Crippen LogP contribution >= 0.6 is 39.0 Å². The topological polar surface area (TPSA) is 212 Å². The Kier molecular flexibility index (Phi) is 8.21. The molecule has 2 aliphatic carbocycles. The number of nitrogens with two attached hydrogens (primary N) is 1. The maximum absolute atomic E-state index is 14.1. The molecule has 4 N–H and O–H groups in total. The van der Waals surface area contributed by atoms with Crippen molar-refractivity contribution >= 4 is 83.8 Å². The Hall–Kier alpha value is -4.36. The van der Waals surface area contributed by atoms with Gasteiger partial charge in [-0.2, -0.15) is 0 Å². The molecule has 262 valence electrons. The van der Waals surface area contributed by atoms with Gasteiger partial charge in [0.1, 0.15) is 5.75 Å². The van der Waals surface area contributed by atoms with Gasteiger partial charge in [-0.05, 0) is 78.8 Å². The van der Waals surface area contributed by atoms with E-state index in [4.69, 9.17) is 9.88 Å². The van der Waals surface area contributed by atoms with Gasteiger partial charge < -0.3 is 15.0 Å². The zero-order chi connectivity index (χ0) is 35.9. The number of nitro groups is 1. The van der Waals surface area contributed by atoms with E-state index in [9.17, 15) is 37.7 Å². The standard InChI is InChI=1S/C33H26BrN5O9S3/c34-14-1-10-22(48-13-23(40)36-15-2-8-18(9-3-15)51(35,46)47)19(11-14)24-25-20-12-21(28(25)49-30-29(24)50-33(43)37-30)27-26(20)31(41)38(32(27)42)16-4-6-17(7-5-16)39(44)45/h1-11,20-21,24-28H,12-13H2,(H,36,40)(H,37,43)(H2,35,46,47)/t20-,21-,24+,25-,26+,27+,28-/m1/s1. The Morgan fingerprint density at radius 2 is 1.73 bits per heavy atom. The number of anilines is 2. The maximum atomic E-state index is 14.1. The van der Waals surface area contributed by atoms with Gasteiger partial charge in [0.25, 0.3) is 11.6 Å². The molecule has 4 aromatic rings. The van der Waals surface area contributed by atoms with Gasteiger partial charge in [-0.3, -0.25) is 34.2 Å². The van der Waals surface area contributed by atoms with Gasteiger partial charge in [0, 0.05) is 43.9 Å². The van der Waals surface area contributed by atoms with Gasteiger partial charge in [0.15, 0.2) is 6.61 Å². The molecule has 2 bridgehead atoms. The number of primary sulfonamides is 1. The third-order valence-corrected chi connectivity index (χ3v) is 14.2. The van der Waals surface area contributed by atoms with Crippen LogP contribution in [-0.2, 0) is 24.4 Å². The van der Waals surface area contributed by atoms with E-state index in [1.807, 2.05) is 6.07 Å². The lowest BCUT2D eigenvalue weighted by molar-refractivity contribution is -0.384. The number of nitrogens with one attached hydrogen (secondary N) is 2. The number of imide groups is 1. The maximum Gasteiger partial charge on any atom is 0.305 e. The summed E-state index contributed by atoms with van der Waals surface area (Å²) in [5.41, 5.74) is 1.21. The average Bonchev–Trinajstić information content (AvgIpc) is 3.82. The zero-order valence-electron chi connectivity index (χ0n) is 26.1. The van der Waals surface area contributed by atoms with Crippen LogP contribution in [0.2, 0.25) is 0 Å². The van der Waals surface area contributed by atoms with Crippen LogP contribution in [0.1, 0.15) is 22.8 Å². The lowest BCUT2D eigenvalue weighted by Gasteiger charge is -2.43. The summed E-state index contributed by atoms with van der Waals surface area (Å²) in [4.78, 5) is 69.0. The second-order valence-corrected chi connectivity index (χ2v) is 17.5. The van der Waals surface area contributed by atoms with Crippen molar-refractivity contribution in [3.8, 4) is 5.75 Å². The lowest BCUT2D eigenvalue weighted by Crippen LogP contribution is -2.42. The number of ether oxygens (including phenoxy) is 1. The van der Waals surface area contributed by atoms with Crippen LogP contribution in [0.15, 0.2) is 85.9 Å². The Bertz CT molecular complexity index is 2310. The summed E-state index contributed by atoms with van der Waals surface area (Å²) in [7, 11) is -3.89. The third-order valence-electron chi connectivity index (χ3n) is 10.2. The minimum absolute atomic E-state index is 0.0960. The molecule has 3 amide bonds. The number of amides is 3. The van der Waals surface area contributed by atoms with Crippen LogP contribution < -0.4 is 25.0 Å². The van der Waals surface area contributed by atoms with E-state index < -0.39 is 38.6 Å². The normalized spacial score (nSPS) is 26.1. The summed E-state index contributed by atoms with van der Waals surface area (Å²) in [6, 6.07) is 16.2. The van der Waals surface area contributed by atoms with E-state index in [2.05, 4.69) is 26.2 Å². The molecule has 3 heterocycles. The smallest absolute Gasteiger partial charge is 0.305 e. The molecule has 2 saturated carbocycles.